The number of amides is 1. The molecule has 0 bridgehead atoms. The molecule has 6 heteroatoms. The maximum absolute atomic E-state index is 11.9. The standard InChI is InChI=1S/C15H28N2O4/c1-4-5-15(14(19)20)6-8-17(9-7-15)10-13(18)16-12(2)11-21-3/h12H,4-11H2,1-3H3,(H,16,18)(H,19,20). The monoisotopic (exact) mass is 300 g/mol. The third kappa shape index (κ3) is 5.28. The molecular formula is C15H28N2O4. The molecule has 1 rings (SSSR count). The van der Waals surface area contributed by atoms with Gasteiger partial charge >= 0.3 is 5.97 Å². The van der Waals surface area contributed by atoms with Crippen LogP contribution in [0, 0.1) is 5.41 Å². The lowest BCUT2D eigenvalue weighted by atomic mass is 9.75. The van der Waals surface area contributed by atoms with Crippen LogP contribution in [0.3, 0.4) is 0 Å². The number of methoxy groups -OCH3 is 1. The minimum absolute atomic E-state index is 0.00880. The summed E-state index contributed by atoms with van der Waals surface area (Å²) in [5, 5.41) is 12.3. The van der Waals surface area contributed by atoms with Crippen LogP contribution < -0.4 is 5.32 Å². The fourth-order valence-electron chi connectivity index (χ4n) is 3.00. The summed E-state index contributed by atoms with van der Waals surface area (Å²) in [6, 6.07) is -0.00880. The van der Waals surface area contributed by atoms with Gasteiger partial charge in [-0.2, -0.15) is 0 Å². The first-order valence-corrected chi connectivity index (χ1v) is 7.67. The molecule has 0 saturated carbocycles. The summed E-state index contributed by atoms with van der Waals surface area (Å²) in [6.07, 6.45) is 2.84. The van der Waals surface area contributed by atoms with E-state index in [1.165, 1.54) is 0 Å². The Hall–Kier alpha value is -1.14. The van der Waals surface area contributed by atoms with Crippen molar-refractivity contribution in [1.29, 1.82) is 0 Å². The van der Waals surface area contributed by atoms with Crippen molar-refractivity contribution in [2.24, 2.45) is 5.41 Å². The molecule has 1 saturated heterocycles. The molecule has 1 atom stereocenters. The third-order valence-electron chi connectivity index (χ3n) is 4.19. The van der Waals surface area contributed by atoms with Crippen molar-refractivity contribution in [1.82, 2.24) is 10.2 Å². The molecule has 6 nitrogen and oxygen atoms in total. The number of rotatable bonds is 8. The zero-order valence-corrected chi connectivity index (χ0v) is 13.4. The number of carbonyl (C=O) groups excluding carboxylic acids is 1. The summed E-state index contributed by atoms with van der Waals surface area (Å²) in [5.41, 5.74) is -0.592. The Kier molecular flexibility index (Phi) is 7.11. The largest absolute Gasteiger partial charge is 0.481 e. The lowest BCUT2D eigenvalue weighted by molar-refractivity contribution is -0.152. The fraction of sp³-hybridized carbons (Fsp3) is 0.867. The second-order valence-electron chi connectivity index (χ2n) is 6.04. The number of likely N-dealkylation sites (tertiary alicyclic amines) is 1. The SMILES string of the molecule is CCCC1(C(=O)O)CCN(CC(=O)NC(C)COC)CC1. The molecule has 0 aromatic heterocycles. The number of carboxylic acid groups (broad SMARTS) is 1. The molecule has 0 spiro atoms. The van der Waals surface area contributed by atoms with Crippen LogP contribution in [0.25, 0.3) is 0 Å². The molecule has 0 aromatic carbocycles. The summed E-state index contributed by atoms with van der Waals surface area (Å²) in [7, 11) is 1.60. The van der Waals surface area contributed by atoms with Crippen molar-refractivity contribution in [3.8, 4) is 0 Å². The van der Waals surface area contributed by atoms with Crippen molar-refractivity contribution in [3.05, 3.63) is 0 Å². The minimum Gasteiger partial charge on any atom is -0.481 e. The van der Waals surface area contributed by atoms with Crippen molar-refractivity contribution >= 4 is 11.9 Å². The maximum atomic E-state index is 11.9. The first kappa shape index (κ1) is 17.9. The van der Waals surface area contributed by atoms with Gasteiger partial charge in [0.2, 0.25) is 5.91 Å². The van der Waals surface area contributed by atoms with Gasteiger partial charge in [-0.1, -0.05) is 13.3 Å². The molecule has 0 aliphatic carbocycles. The van der Waals surface area contributed by atoms with Gasteiger partial charge in [0.1, 0.15) is 0 Å². The van der Waals surface area contributed by atoms with Crippen molar-refractivity contribution in [2.75, 3.05) is 33.4 Å². The van der Waals surface area contributed by atoms with Crippen LogP contribution in [-0.4, -0.2) is 61.3 Å². The molecule has 0 aromatic rings. The molecule has 122 valence electrons. The molecule has 1 amide bonds. The Morgan fingerprint density at radius 1 is 1.38 bits per heavy atom. The van der Waals surface area contributed by atoms with Gasteiger partial charge in [-0.3, -0.25) is 14.5 Å². The van der Waals surface area contributed by atoms with Gasteiger partial charge in [0, 0.05) is 13.2 Å². The number of hydrogen-bond acceptors (Lipinski definition) is 4. The highest BCUT2D eigenvalue weighted by molar-refractivity contribution is 5.78. The zero-order valence-electron chi connectivity index (χ0n) is 13.4. The van der Waals surface area contributed by atoms with Gasteiger partial charge in [-0.15, -0.1) is 0 Å². The summed E-state index contributed by atoms with van der Waals surface area (Å²) in [4.78, 5) is 25.4. The van der Waals surface area contributed by atoms with E-state index in [9.17, 15) is 14.7 Å². The second kappa shape index (κ2) is 8.34. The zero-order chi connectivity index (χ0) is 15.9. The van der Waals surface area contributed by atoms with E-state index in [2.05, 4.69) is 5.32 Å². The molecular weight excluding hydrogens is 272 g/mol. The normalized spacial score (nSPS) is 20.0. The number of piperidine rings is 1. The van der Waals surface area contributed by atoms with Crippen LogP contribution in [0.15, 0.2) is 0 Å². The summed E-state index contributed by atoms with van der Waals surface area (Å²) in [6.45, 7) is 6.06. The number of carbonyl (C=O) groups is 2. The Bertz CT molecular complexity index is 352. The van der Waals surface area contributed by atoms with E-state index in [-0.39, 0.29) is 11.9 Å². The van der Waals surface area contributed by atoms with Crippen molar-refractivity contribution < 1.29 is 19.4 Å². The predicted octanol–water partition coefficient (Wildman–Crippen LogP) is 1.10. The van der Waals surface area contributed by atoms with Crippen LogP contribution in [-0.2, 0) is 14.3 Å². The van der Waals surface area contributed by atoms with Gasteiger partial charge < -0.3 is 15.2 Å². The first-order valence-electron chi connectivity index (χ1n) is 7.67. The molecule has 1 unspecified atom stereocenters. The highest BCUT2D eigenvalue weighted by Crippen LogP contribution is 2.36. The van der Waals surface area contributed by atoms with Crippen LogP contribution in [0.1, 0.15) is 39.5 Å². The van der Waals surface area contributed by atoms with E-state index >= 15 is 0 Å². The van der Waals surface area contributed by atoms with E-state index < -0.39 is 11.4 Å². The van der Waals surface area contributed by atoms with E-state index in [4.69, 9.17) is 4.74 Å². The number of aliphatic carboxylic acids is 1. The van der Waals surface area contributed by atoms with Gasteiger partial charge in [0.25, 0.3) is 0 Å². The topological polar surface area (TPSA) is 78.9 Å². The number of nitrogens with zero attached hydrogens (tertiary/aromatic N) is 1. The predicted molar refractivity (Wildman–Crippen MR) is 80.1 cm³/mol. The molecule has 1 fully saturated rings. The lowest BCUT2D eigenvalue weighted by Crippen LogP contribution is -2.48. The number of hydrogen-bond donors (Lipinski definition) is 2. The van der Waals surface area contributed by atoms with Gasteiger partial charge in [-0.05, 0) is 39.3 Å². The van der Waals surface area contributed by atoms with E-state index in [1.807, 2.05) is 18.7 Å². The van der Waals surface area contributed by atoms with Crippen molar-refractivity contribution in [3.63, 3.8) is 0 Å². The van der Waals surface area contributed by atoms with E-state index in [1.54, 1.807) is 7.11 Å². The molecule has 1 aliphatic heterocycles. The number of nitrogens with one attached hydrogen (secondary N) is 1. The van der Waals surface area contributed by atoms with E-state index in [0.717, 1.165) is 6.42 Å². The van der Waals surface area contributed by atoms with Crippen LogP contribution in [0.2, 0.25) is 0 Å². The Labute approximate surface area is 126 Å². The average molecular weight is 300 g/mol. The molecule has 21 heavy (non-hydrogen) atoms. The fourth-order valence-corrected chi connectivity index (χ4v) is 3.00. The van der Waals surface area contributed by atoms with Crippen LogP contribution >= 0.6 is 0 Å². The second-order valence-corrected chi connectivity index (χ2v) is 6.04. The average Bonchev–Trinajstić information content (AvgIpc) is 2.41. The Balaban J connectivity index is 2.42. The molecule has 1 heterocycles. The maximum Gasteiger partial charge on any atom is 0.309 e. The van der Waals surface area contributed by atoms with E-state index in [0.29, 0.717) is 45.5 Å². The quantitative estimate of drug-likeness (QED) is 0.702. The highest BCUT2D eigenvalue weighted by atomic mass is 16.5. The van der Waals surface area contributed by atoms with Gasteiger partial charge in [0.15, 0.2) is 0 Å². The van der Waals surface area contributed by atoms with Crippen LogP contribution in [0.4, 0.5) is 0 Å². The smallest absolute Gasteiger partial charge is 0.309 e. The lowest BCUT2D eigenvalue weighted by Gasteiger charge is -2.38. The Morgan fingerprint density at radius 3 is 2.48 bits per heavy atom. The number of carboxylic acids is 1. The summed E-state index contributed by atoms with van der Waals surface area (Å²) < 4.78 is 4.98. The first-order chi connectivity index (χ1) is 9.93. The minimum atomic E-state index is -0.692. The molecule has 0 radical (unpaired) electrons. The highest BCUT2D eigenvalue weighted by Gasteiger charge is 2.40. The summed E-state index contributed by atoms with van der Waals surface area (Å²) in [5.74, 6) is -0.722. The Morgan fingerprint density at radius 2 is 2.00 bits per heavy atom. The van der Waals surface area contributed by atoms with Gasteiger partial charge in [0.05, 0.1) is 18.6 Å². The van der Waals surface area contributed by atoms with Crippen LogP contribution in [0.5, 0.6) is 0 Å². The van der Waals surface area contributed by atoms with Gasteiger partial charge in [-0.25, -0.2) is 0 Å². The molecule has 2 N–H and O–H groups in total. The number of ether oxygens (including phenoxy) is 1. The third-order valence-corrected chi connectivity index (χ3v) is 4.19. The molecule has 1 aliphatic rings. The summed E-state index contributed by atoms with van der Waals surface area (Å²) >= 11 is 0. The van der Waals surface area contributed by atoms with Crippen molar-refractivity contribution in [2.45, 2.75) is 45.6 Å².